The molecule has 3 heterocycles. The first-order valence-corrected chi connectivity index (χ1v) is 9.33. The summed E-state index contributed by atoms with van der Waals surface area (Å²) in [6.07, 6.45) is -0.261. The Morgan fingerprint density at radius 3 is 2.74 bits per heavy atom. The summed E-state index contributed by atoms with van der Waals surface area (Å²) in [5, 5.41) is 3.31. The number of carbonyl (C=O) groups excluding carboxylic acids is 1. The number of pyridine rings is 1. The third kappa shape index (κ3) is 4.31. The molecule has 27 heavy (non-hydrogen) atoms. The number of fused-ring (bicyclic) bond motifs is 1. The van der Waals surface area contributed by atoms with Gasteiger partial charge in [0.15, 0.2) is 0 Å². The molecule has 0 saturated carbocycles. The number of hydrogen-bond acceptors (Lipinski definition) is 6. The molecule has 0 spiro atoms. The van der Waals surface area contributed by atoms with Gasteiger partial charge in [-0.15, -0.1) is 0 Å². The van der Waals surface area contributed by atoms with Crippen molar-refractivity contribution in [2.24, 2.45) is 0 Å². The lowest BCUT2D eigenvalue weighted by Gasteiger charge is -2.35. The lowest BCUT2D eigenvalue weighted by molar-refractivity contribution is 0.0941. The number of hydrogen-bond donors (Lipinski definition) is 1. The fourth-order valence-corrected chi connectivity index (χ4v) is 3.27. The zero-order chi connectivity index (χ0) is 18.5. The first-order valence-electron chi connectivity index (χ1n) is 9.33. The highest BCUT2D eigenvalue weighted by atomic mass is 16.6. The number of rotatable bonds is 3. The number of piperazine rings is 1. The summed E-state index contributed by atoms with van der Waals surface area (Å²) >= 11 is 0. The standard InChI is InChI=1S/C20H24N4O3/c25-20(27-15-16-4-2-1-3-5-16)24-11-9-23(10-12-24)18-7-6-17-14-21-8-13-26-19(17)22-18/h1-7,21H,8-15H2. The maximum atomic E-state index is 12.3. The van der Waals surface area contributed by atoms with Gasteiger partial charge in [0.25, 0.3) is 0 Å². The Morgan fingerprint density at radius 2 is 1.93 bits per heavy atom. The molecular formula is C20H24N4O3. The van der Waals surface area contributed by atoms with Crippen LogP contribution in [0.1, 0.15) is 11.1 Å². The highest BCUT2D eigenvalue weighted by Crippen LogP contribution is 2.23. The molecule has 0 atom stereocenters. The van der Waals surface area contributed by atoms with Gasteiger partial charge in [-0.05, 0) is 17.7 Å². The lowest BCUT2D eigenvalue weighted by atomic mass is 10.2. The molecule has 2 aromatic rings. The molecule has 0 unspecified atom stereocenters. The van der Waals surface area contributed by atoms with Gasteiger partial charge in [0.1, 0.15) is 19.0 Å². The zero-order valence-corrected chi connectivity index (χ0v) is 15.3. The van der Waals surface area contributed by atoms with Crippen molar-refractivity contribution in [2.45, 2.75) is 13.2 Å². The van der Waals surface area contributed by atoms with Crippen molar-refractivity contribution in [1.29, 1.82) is 0 Å². The van der Waals surface area contributed by atoms with Crippen molar-refractivity contribution in [2.75, 3.05) is 44.2 Å². The Bertz CT molecular complexity index is 776. The fraction of sp³-hybridized carbons (Fsp3) is 0.400. The third-order valence-electron chi connectivity index (χ3n) is 4.82. The molecular weight excluding hydrogens is 344 g/mol. The van der Waals surface area contributed by atoms with E-state index in [1.807, 2.05) is 36.4 Å². The Labute approximate surface area is 158 Å². The highest BCUT2D eigenvalue weighted by molar-refractivity contribution is 5.68. The van der Waals surface area contributed by atoms with Crippen molar-refractivity contribution in [3.8, 4) is 5.88 Å². The predicted octanol–water partition coefficient (Wildman–Crippen LogP) is 2.02. The number of benzene rings is 1. The summed E-state index contributed by atoms with van der Waals surface area (Å²) < 4.78 is 11.2. The normalized spacial score (nSPS) is 16.9. The van der Waals surface area contributed by atoms with Crippen molar-refractivity contribution in [3.63, 3.8) is 0 Å². The van der Waals surface area contributed by atoms with Gasteiger partial charge in [-0.1, -0.05) is 30.3 Å². The summed E-state index contributed by atoms with van der Waals surface area (Å²) in [6, 6.07) is 13.8. The summed E-state index contributed by atoms with van der Waals surface area (Å²) in [6.45, 7) is 5.24. The molecule has 0 aliphatic carbocycles. The van der Waals surface area contributed by atoms with E-state index in [4.69, 9.17) is 9.47 Å². The minimum atomic E-state index is -0.261. The first-order chi connectivity index (χ1) is 13.3. The quantitative estimate of drug-likeness (QED) is 0.894. The topological polar surface area (TPSA) is 66.9 Å². The molecule has 0 bridgehead atoms. The van der Waals surface area contributed by atoms with E-state index in [-0.39, 0.29) is 6.09 Å². The monoisotopic (exact) mass is 368 g/mol. The first kappa shape index (κ1) is 17.6. The van der Waals surface area contributed by atoms with Gasteiger partial charge in [0.2, 0.25) is 5.88 Å². The minimum Gasteiger partial charge on any atom is -0.476 e. The molecule has 1 saturated heterocycles. The average molecular weight is 368 g/mol. The van der Waals surface area contributed by atoms with Crippen molar-refractivity contribution >= 4 is 11.9 Å². The van der Waals surface area contributed by atoms with E-state index < -0.39 is 0 Å². The second-order valence-corrected chi connectivity index (χ2v) is 6.67. The van der Waals surface area contributed by atoms with Crippen LogP contribution in [0, 0.1) is 0 Å². The highest BCUT2D eigenvalue weighted by Gasteiger charge is 2.24. The van der Waals surface area contributed by atoms with Gasteiger partial charge in [-0.25, -0.2) is 4.79 Å². The van der Waals surface area contributed by atoms with Crippen LogP contribution < -0.4 is 15.0 Å². The Balaban J connectivity index is 1.31. The smallest absolute Gasteiger partial charge is 0.410 e. The van der Waals surface area contributed by atoms with E-state index in [1.54, 1.807) is 4.90 Å². The molecule has 1 aromatic heterocycles. The molecule has 2 aliphatic heterocycles. The SMILES string of the molecule is O=C(OCc1ccccc1)N1CCN(c2ccc3c(n2)OCCNC3)CC1. The largest absolute Gasteiger partial charge is 0.476 e. The molecule has 1 fully saturated rings. The number of aromatic nitrogens is 1. The molecule has 1 aromatic carbocycles. The molecule has 1 amide bonds. The Hall–Kier alpha value is -2.80. The van der Waals surface area contributed by atoms with Gasteiger partial charge in [0, 0.05) is 44.8 Å². The van der Waals surface area contributed by atoms with E-state index in [2.05, 4.69) is 21.3 Å². The number of carbonyl (C=O) groups is 1. The molecule has 4 rings (SSSR count). The van der Waals surface area contributed by atoms with Crippen LogP contribution in [0.5, 0.6) is 5.88 Å². The number of nitrogens with one attached hydrogen (secondary N) is 1. The van der Waals surface area contributed by atoms with Crippen molar-refractivity contribution < 1.29 is 14.3 Å². The molecule has 2 aliphatic rings. The maximum absolute atomic E-state index is 12.3. The number of amides is 1. The van der Waals surface area contributed by atoms with Crippen LogP contribution in [0.4, 0.5) is 10.6 Å². The van der Waals surface area contributed by atoms with Crippen LogP contribution >= 0.6 is 0 Å². The second kappa shape index (κ2) is 8.26. The van der Waals surface area contributed by atoms with Crippen LogP contribution in [0.25, 0.3) is 0 Å². The van der Waals surface area contributed by atoms with Crippen LogP contribution in [0.15, 0.2) is 42.5 Å². The van der Waals surface area contributed by atoms with E-state index in [0.29, 0.717) is 32.2 Å². The average Bonchev–Trinajstić information content (AvgIpc) is 2.98. The number of ether oxygens (including phenoxy) is 2. The van der Waals surface area contributed by atoms with Gasteiger partial charge in [-0.2, -0.15) is 4.98 Å². The summed E-state index contributed by atoms with van der Waals surface area (Å²) in [7, 11) is 0. The van der Waals surface area contributed by atoms with Crippen molar-refractivity contribution in [1.82, 2.24) is 15.2 Å². The summed E-state index contributed by atoms with van der Waals surface area (Å²) in [4.78, 5) is 20.9. The Kier molecular flexibility index (Phi) is 5.39. The van der Waals surface area contributed by atoms with Gasteiger partial charge >= 0.3 is 6.09 Å². The van der Waals surface area contributed by atoms with E-state index in [9.17, 15) is 4.79 Å². The second-order valence-electron chi connectivity index (χ2n) is 6.67. The Morgan fingerprint density at radius 1 is 1.11 bits per heavy atom. The van der Waals surface area contributed by atoms with Crippen molar-refractivity contribution in [3.05, 3.63) is 53.6 Å². The number of nitrogens with zero attached hydrogens (tertiary/aromatic N) is 3. The van der Waals surface area contributed by atoms with E-state index >= 15 is 0 Å². The predicted molar refractivity (Wildman–Crippen MR) is 102 cm³/mol. The number of anilines is 1. The molecule has 142 valence electrons. The molecule has 0 radical (unpaired) electrons. The van der Waals surface area contributed by atoms with E-state index in [1.165, 1.54) is 0 Å². The zero-order valence-electron chi connectivity index (χ0n) is 15.3. The molecule has 7 heteroatoms. The minimum absolute atomic E-state index is 0.261. The van der Waals surface area contributed by atoms with Gasteiger partial charge in [0.05, 0.1) is 0 Å². The summed E-state index contributed by atoms with van der Waals surface area (Å²) in [5.74, 6) is 1.61. The van der Waals surface area contributed by atoms with Crippen LogP contribution in [-0.4, -0.2) is 55.3 Å². The lowest BCUT2D eigenvalue weighted by Crippen LogP contribution is -2.49. The van der Waals surface area contributed by atoms with Crippen LogP contribution in [0.3, 0.4) is 0 Å². The maximum Gasteiger partial charge on any atom is 0.410 e. The van der Waals surface area contributed by atoms with E-state index in [0.717, 1.165) is 43.1 Å². The fourth-order valence-electron chi connectivity index (χ4n) is 3.27. The molecule has 1 N–H and O–H groups in total. The van der Waals surface area contributed by atoms with Crippen LogP contribution in [-0.2, 0) is 17.9 Å². The van der Waals surface area contributed by atoms with Crippen LogP contribution in [0.2, 0.25) is 0 Å². The third-order valence-corrected chi connectivity index (χ3v) is 4.82. The van der Waals surface area contributed by atoms with Gasteiger partial charge < -0.3 is 24.6 Å². The molecule has 7 nitrogen and oxygen atoms in total. The van der Waals surface area contributed by atoms with Gasteiger partial charge in [-0.3, -0.25) is 0 Å². The summed E-state index contributed by atoms with van der Waals surface area (Å²) in [5.41, 5.74) is 2.08.